The number of rotatable bonds is 2. The van der Waals surface area contributed by atoms with Crippen molar-refractivity contribution in [3.8, 4) is 0 Å². The summed E-state index contributed by atoms with van der Waals surface area (Å²) in [7, 11) is 0. The fourth-order valence-corrected chi connectivity index (χ4v) is 3.45. The molecule has 5 atom stereocenters. The van der Waals surface area contributed by atoms with Gasteiger partial charge in [-0.3, -0.25) is 0 Å². The third-order valence-corrected chi connectivity index (χ3v) is 3.91. The van der Waals surface area contributed by atoms with Crippen LogP contribution < -0.4 is 0 Å². The molecule has 0 N–H and O–H groups in total. The molecule has 0 aliphatic heterocycles. The lowest BCUT2D eigenvalue weighted by Gasteiger charge is -2.27. The topological polar surface area (TPSA) is 9.23 Å². The molecule has 1 heteroatoms. The van der Waals surface area contributed by atoms with Gasteiger partial charge in [0.1, 0.15) is 0 Å². The minimum Gasteiger partial charge on any atom is -0.371 e. The molecule has 0 aromatic carbocycles. The van der Waals surface area contributed by atoms with Gasteiger partial charge >= 0.3 is 0 Å². The van der Waals surface area contributed by atoms with Gasteiger partial charge in [0.15, 0.2) is 0 Å². The zero-order valence-corrected chi connectivity index (χ0v) is 8.89. The van der Waals surface area contributed by atoms with Crippen molar-refractivity contribution < 1.29 is 4.74 Å². The molecule has 0 heterocycles. The van der Waals surface area contributed by atoms with Crippen molar-refractivity contribution in [2.45, 2.75) is 32.5 Å². The van der Waals surface area contributed by atoms with Crippen LogP contribution in [-0.2, 0) is 4.74 Å². The summed E-state index contributed by atoms with van der Waals surface area (Å²) in [6.07, 6.45) is 11.6. The Morgan fingerprint density at radius 2 is 1.86 bits per heavy atom. The van der Waals surface area contributed by atoms with Crippen LogP contribution in [0.2, 0.25) is 0 Å². The average Bonchev–Trinajstić information content (AvgIpc) is 2.74. The first-order chi connectivity index (χ1) is 6.75. The third-order valence-electron chi connectivity index (χ3n) is 3.91. The highest BCUT2D eigenvalue weighted by molar-refractivity contribution is 5.25. The first-order valence-electron chi connectivity index (χ1n) is 5.78. The Morgan fingerprint density at radius 1 is 1.07 bits per heavy atom. The van der Waals surface area contributed by atoms with Gasteiger partial charge in [0.05, 0.1) is 12.2 Å². The van der Waals surface area contributed by atoms with Crippen LogP contribution in [0.3, 0.4) is 0 Å². The van der Waals surface area contributed by atoms with Gasteiger partial charge in [0.25, 0.3) is 0 Å². The maximum Gasteiger partial charge on any atom is 0.0799 e. The van der Waals surface area contributed by atoms with E-state index >= 15 is 0 Å². The van der Waals surface area contributed by atoms with E-state index in [1.807, 2.05) is 0 Å². The molecule has 14 heavy (non-hydrogen) atoms. The van der Waals surface area contributed by atoms with Crippen LogP contribution in [0.5, 0.6) is 0 Å². The fourth-order valence-electron chi connectivity index (χ4n) is 3.45. The Hall–Kier alpha value is -0.560. The molecular formula is C13H18O. The molecule has 3 aliphatic rings. The summed E-state index contributed by atoms with van der Waals surface area (Å²) in [5.74, 6) is 3.16. The molecule has 0 amide bonds. The second kappa shape index (κ2) is 2.96. The van der Waals surface area contributed by atoms with E-state index in [2.05, 4.69) is 38.2 Å². The van der Waals surface area contributed by atoms with E-state index in [1.54, 1.807) is 0 Å². The normalized spacial score (nSPS) is 48.1. The number of allylic oxidation sites excluding steroid dienone is 3. The van der Waals surface area contributed by atoms with Gasteiger partial charge in [-0.05, 0) is 38.0 Å². The molecule has 0 aromatic rings. The highest BCUT2D eigenvalue weighted by atomic mass is 16.5. The molecule has 3 aliphatic carbocycles. The van der Waals surface area contributed by atoms with E-state index < -0.39 is 0 Å². The lowest BCUT2D eigenvalue weighted by Crippen LogP contribution is -2.28. The number of ether oxygens (including phenoxy) is 1. The van der Waals surface area contributed by atoms with Gasteiger partial charge in [0, 0.05) is 5.92 Å². The maximum absolute atomic E-state index is 5.96. The van der Waals surface area contributed by atoms with Crippen molar-refractivity contribution in [2.75, 3.05) is 0 Å². The summed E-state index contributed by atoms with van der Waals surface area (Å²) in [6, 6.07) is 0. The second-order valence-electron chi connectivity index (χ2n) is 5.14. The van der Waals surface area contributed by atoms with Crippen LogP contribution in [0, 0.1) is 23.7 Å². The van der Waals surface area contributed by atoms with Gasteiger partial charge in [-0.1, -0.05) is 24.3 Å². The van der Waals surface area contributed by atoms with E-state index in [-0.39, 0.29) is 0 Å². The van der Waals surface area contributed by atoms with Crippen molar-refractivity contribution in [1.29, 1.82) is 0 Å². The van der Waals surface area contributed by atoms with Crippen LogP contribution in [0.1, 0.15) is 20.3 Å². The molecule has 4 unspecified atom stereocenters. The Labute approximate surface area is 85.8 Å². The summed E-state index contributed by atoms with van der Waals surface area (Å²) < 4.78 is 5.96. The Balaban J connectivity index is 1.79. The summed E-state index contributed by atoms with van der Waals surface area (Å²) in [5, 5.41) is 0. The summed E-state index contributed by atoms with van der Waals surface area (Å²) in [6.45, 7) is 4.26. The minimum atomic E-state index is 0.353. The predicted molar refractivity (Wildman–Crippen MR) is 56.9 cm³/mol. The fraction of sp³-hybridized carbons (Fsp3) is 0.692. The van der Waals surface area contributed by atoms with E-state index in [1.165, 1.54) is 6.42 Å². The molecule has 2 bridgehead atoms. The Morgan fingerprint density at radius 3 is 2.64 bits per heavy atom. The quantitative estimate of drug-likeness (QED) is 0.608. The summed E-state index contributed by atoms with van der Waals surface area (Å²) in [5.41, 5.74) is 0. The van der Waals surface area contributed by atoms with Crippen LogP contribution in [0.4, 0.5) is 0 Å². The molecule has 3 rings (SSSR count). The number of fused-ring (bicyclic) bond motifs is 5. The lowest BCUT2D eigenvalue weighted by molar-refractivity contribution is -0.00434. The average molecular weight is 190 g/mol. The minimum absolute atomic E-state index is 0.353. The third kappa shape index (κ3) is 1.12. The van der Waals surface area contributed by atoms with Gasteiger partial charge in [-0.25, -0.2) is 0 Å². The largest absolute Gasteiger partial charge is 0.371 e. The number of hydrogen-bond acceptors (Lipinski definition) is 1. The predicted octanol–water partition coefficient (Wildman–Crippen LogP) is 2.79. The van der Waals surface area contributed by atoms with Gasteiger partial charge < -0.3 is 4.74 Å². The molecular weight excluding hydrogens is 172 g/mol. The SMILES string of the molecule is CC(C)O[C@@H]1C=CC2C3C=CC(C3)C21. The Bertz CT molecular complexity index is 290. The zero-order chi connectivity index (χ0) is 9.71. The monoisotopic (exact) mass is 190 g/mol. The van der Waals surface area contributed by atoms with E-state index in [0.717, 1.165) is 23.7 Å². The second-order valence-corrected chi connectivity index (χ2v) is 5.14. The van der Waals surface area contributed by atoms with Crippen molar-refractivity contribution in [1.82, 2.24) is 0 Å². The molecule has 76 valence electrons. The molecule has 1 saturated carbocycles. The molecule has 0 radical (unpaired) electrons. The standard InChI is InChI=1S/C13H18O/c1-8(2)14-12-6-5-11-9-3-4-10(7-9)13(11)12/h3-6,8-13H,7H2,1-2H3/t9?,10?,11?,12-,13?/m1/s1. The van der Waals surface area contributed by atoms with Crippen LogP contribution in [0.15, 0.2) is 24.3 Å². The van der Waals surface area contributed by atoms with Crippen molar-refractivity contribution in [3.05, 3.63) is 24.3 Å². The van der Waals surface area contributed by atoms with Gasteiger partial charge in [0.2, 0.25) is 0 Å². The van der Waals surface area contributed by atoms with Crippen LogP contribution in [-0.4, -0.2) is 12.2 Å². The number of hydrogen-bond donors (Lipinski definition) is 0. The zero-order valence-electron chi connectivity index (χ0n) is 8.89. The summed E-state index contributed by atoms with van der Waals surface area (Å²) in [4.78, 5) is 0. The molecule has 0 aromatic heterocycles. The van der Waals surface area contributed by atoms with E-state index in [4.69, 9.17) is 4.74 Å². The van der Waals surface area contributed by atoms with Crippen molar-refractivity contribution >= 4 is 0 Å². The molecule has 1 nitrogen and oxygen atoms in total. The van der Waals surface area contributed by atoms with E-state index in [0.29, 0.717) is 12.2 Å². The first-order valence-corrected chi connectivity index (χ1v) is 5.78. The van der Waals surface area contributed by atoms with Crippen LogP contribution in [0.25, 0.3) is 0 Å². The van der Waals surface area contributed by atoms with Crippen LogP contribution >= 0.6 is 0 Å². The van der Waals surface area contributed by atoms with Crippen molar-refractivity contribution in [3.63, 3.8) is 0 Å². The first kappa shape index (κ1) is 8.72. The summed E-state index contributed by atoms with van der Waals surface area (Å²) >= 11 is 0. The van der Waals surface area contributed by atoms with Gasteiger partial charge in [-0.2, -0.15) is 0 Å². The van der Waals surface area contributed by atoms with Crippen molar-refractivity contribution in [2.24, 2.45) is 23.7 Å². The maximum atomic E-state index is 5.96. The lowest BCUT2D eigenvalue weighted by atomic mass is 9.84. The molecule has 1 fully saturated rings. The smallest absolute Gasteiger partial charge is 0.0799 e. The van der Waals surface area contributed by atoms with Gasteiger partial charge in [-0.15, -0.1) is 0 Å². The highest BCUT2D eigenvalue weighted by Crippen LogP contribution is 2.53. The van der Waals surface area contributed by atoms with E-state index in [9.17, 15) is 0 Å². The molecule has 0 spiro atoms. The Kier molecular flexibility index (Phi) is 1.85. The highest BCUT2D eigenvalue weighted by Gasteiger charge is 2.49. The molecule has 0 saturated heterocycles.